The Hall–Kier alpha value is -0.800. The molecule has 1 aromatic rings. The number of para-hydroxylation sites is 1. The van der Waals surface area contributed by atoms with Gasteiger partial charge >= 0.3 is 0 Å². The highest BCUT2D eigenvalue weighted by atomic mass is 35.5. The summed E-state index contributed by atoms with van der Waals surface area (Å²) in [5, 5.41) is 7.36. The molecule has 0 unspecified atom stereocenters. The number of halogens is 1. The number of benzene rings is 1. The summed E-state index contributed by atoms with van der Waals surface area (Å²) in [5.74, 6) is 0. The predicted molar refractivity (Wildman–Crippen MR) is 66.1 cm³/mol. The maximum Gasteiger partial charge on any atom is 0.170 e. The van der Waals surface area contributed by atoms with Gasteiger partial charge in [0, 0.05) is 6.54 Å². The van der Waals surface area contributed by atoms with Gasteiger partial charge in [-0.15, -0.1) is 0 Å². The number of anilines is 1. The van der Waals surface area contributed by atoms with Crippen molar-refractivity contribution in [3.8, 4) is 0 Å². The van der Waals surface area contributed by atoms with Gasteiger partial charge in [-0.3, -0.25) is 0 Å². The molecule has 0 aliphatic rings. The molecule has 0 amide bonds. The summed E-state index contributed by atoms with van der Waals surface area (Å²) in [4.78, 5) is 0. The molecule has 0 aliphatic carbocycles. The summed E-state index contributed by atoms with van der Waals surface area (Å²) in [7, 11) is 0. The zero-order valence-electron chi connectivity index (χ0n) is 8.23. The zero-order valence-corrected chi connectivity index (χ0v) is 9.80. The molecule has 0 saturated carbocycles. The first-order chi connectivity index (χ1) is 6.65. The average molecular weight is 229 g/mol. The van der Waals surface area contributed by atoms with Crippen LogP contribution >= 0.6 is 23.8 Å². The molecule has 0 saturated heterocycles. The highest BCUT2D eigenvalue weighted by Crippen LogP contribution is 2.24. The van der Waals surface area contributed by atoms with Crippen LogP contribution in [0.3, 0.4) is 0 Å². The average Bonchev–Trinajstić information content (AvgIpc) is 2.12. The molecule has 0 radical (unpaired) electrons. The van der Waals surface area contributed by atoms with E-state index in [9.17, 15) is 0 Å². The highest BCUT2D eigenvalue weighted by Gasteiger charge is 2.04. The lowest BCUT2D eigenvalue weighted by atomic mass is 10.2. The minimum absolute atomic E-state index is 0.601. The van der Waals surface area contributed by atoms with Gasteiger partial charge < -0.3 is 10.6 Å². The van der Waals surface area contributed by atoms with Crippen molar-refractivity contribution in [2.45, 2.75) is 13.8 Å². The zero-order chi connectivity index (χ0) is 10.6. The third-order valence-electron chi connectivity index (χ3n) is 1.80. The fraction of sp³-hybridized carbons (Fsp3) is 0.300. The largest absolute Gasteiger partial charge is 0.363 e. The molecular formula is C10H13ClN2S. The molecule has 0 aromatic heterocycles. The molecule has 1 rings (SSSR count). The monoisotopic (exact) mass is 228 g/mol. The van der Waals surface area contributed by atoms with Crippen LogP contribution in [0.15, 0.2) is 18.2 Å². The van der Waals surface area contributed by atoms with Gasteiger partial charge in [-0.1, -0.05) is 23.7 Å². The van der Waals surface area contributed by atoms with Crippen LogP contribution in [0, 0.1) is 6.92 Å². The van der Waals surface area contributed by atoms with E-state index in [2.05, 4.69) is 10.6 Å². The second-order valence-corrected chi connectivity index (χ2v) is 3.73. The summed E-state index contributed by atoms with van der Waals surface area (Å²) in [6, 6.07) is 5.74. The minimum atomic E-state index is 0.601. The van der Waals surface area contributed by atoms with Crippen molar-refractivity contribution in [2.75, 3.05) is 11.9 Å². The molecule has 0 spiro atoms. The van der Waals surface area contributed by atoms with E-state index in [0.717, 1.165) is 17.8 Å². The maximum absolute atomic E-state index is 6.02. The van der Waals surface area contributed by atoms with E-state index in [0.29, 0.717) is 10.1 Å². The van der Waals surface area contributed by atoms with Gasteiger partial charge in [0.1, 0.15) is 0 Å². The van der Waals surface area contributed by atoms with Crippen molar-refractivity contribution in [3.63, 3.8) is 0 Å². The predicted octanol–water partition coefficient (Wildman–Crippen LogP) is 2.95. The lowest BCUT2D eigenvalue weighted by molar-refractivity contribution is 0.979. The summed E-state index contributed by atoms with van der Waals surface area (Å²) < 4.78 is 0. The number of nitrogens with one attached hydrogen (secondary N) is 2. The van der Waals surface area contributed by atoms with E-state index in [1.54, 1.807) is 0 Å². The van der Waals surface area contributed by atoms with Crippen LogP contribution in [0.4, 0.5) is 5.69 Å². The van der Waals surface area contributed by atoms with Crippen LogP contribution in [-0.2, 0) is 0 Å². The smallest absolute Gasteiger partial charge is 0.170 e. The van der Waals surface area contributed by atoms with Gasteiger partial charge in [-0.2, -0.15) is 0 Å². The van der Waals surface area contributed by atoms with Crippen molar-refractivity contribution in [1.29, 1.82) is 0 Å². The van der Waals surface area contributed by atoms with E-state index in [1.165, 1.54) is 0 Å². The van der Waals surface area contributed by atoms with E-state index in [-0.39, 0.29) is 0 Å². The van der Waals surface area contributed by atoms with Crippen molar-refractivity contribution in [1.82, 2.24) is 5.32 Å². The van der Waals surface area contributed by atoms with Gasteiger partial charge in [0.25, 0.3) is 0 Å². The van der Waals surface area contributed by atoms with Crippen LogP contribution in [0.1, 0.15) is 12.5 Å². The Labute approximate surface area is 94.7 Å². The van der Waals surface area contributed by atoms with Crippen molar-refractivity contribution >= 4 is 34.6 Å². The second-order valence-electron chi connectivity index (χ2n) is 2.92. The topological polar surface area (TPSA) is 24.1 Å². The van der Waals surface area contributed by atoms with Crippen LogP contribution in [0.25, 0.3) is 0 Å². The normalized spacial score (nSPS) is 9.64. The Morgan fingerprint density at radius 2 is 2.21 bits per heavy atom. The summed E-state index contributed by atoms with van der Waals surface area (Å²) >= 11 is 11.1. The molecule has 2 N–H and O–H groups in total. The van der Waals surface area contributed by atoms with E-state index >= 15 is 0 Å². The lowest BCUT2D eigenvalue weighted by Crippen LogP contribution is -2.28. The van der Waals surface area contributed by atoms with Crippen molar-refractivity contribution < 1.29 is 0 Å². The van der Waals surface area contributed by atoms with Gasteiger partial charge in [-0.25, -0.2) is 0 Å². The Morgan fingerprint density at radius 1 is 1.50 bits per heavy atom. The number of hydrogen-bond donors (Lipinski definition) is 2. The molecule has 2 nitrogen and oxygen atoms in total. The fourth-order valence-corrected chi connectivity index (χ4v) is 1.62. The first kappa shape index (κ1) is 11.3. The van der Waals surface area contributed by atoms with Gasteiger partial charge in [0.2, 0.25) is 0 Å². The second kappa shape index (κ2) is 5.17. The van der Waals surface area contributed by atoms with Gasteiger partial charge in [0.15, 0.2) is 5.11 Å². The third-order valence-corrected chi connectivity index (χ3v) is 2.36. The lowest BCUT2D eigenvalue weighted by Gasteiger charge is -2.12. The first-order valence-corrected chi connectivity index (χ1v) is 5.23. The van der Waals surface area contributed by atoms with Crippen LogP contribution in [0.2, 0.25) is 5.02 Å². The molecule has 0 bridgehead atoms. The molecule has 14 heavy (non-hydrogen) atoms. The van der Waals surface area contributed by atoms with E-state index < -0.39 is 0 Å². The molecule has 0 heterocycles. The minimum Gasteiger partial charge on any atom is -0.363 e. The SMILES string of the molecule is CCNC(=S)Nc1c(C)cccc1Cl. The molecule has 0 atom stereocenters. The first-order valence-electron chi connectivity index (χ1n) is 4.45. The quantitative estimate of drug-likeness (QED) is 0.762. The number of thiocarbonyl (C=S) groups is 1. The summed E-state index contributed by atoms with van der Waals surface area (Å²) in [6.45, 7) is 4.78. The standard InChI is InChI=1S/C10H13ClN2S/c1-3-12-10(14)13-9-7(2)5-4-6-8(9)11/h4-6H,3H2,1-2H3,(H2,12,13,14). The third kappa shape index (κ3) is 2.86. The number of rotatable bonds is 2. The Balaban J connectivity index is 2.80. The van der Waals surface area contributed by atoms with Crippen molar-refractivity contribution in [3.05, 3.63) is 28.8 Å². The Morgan fingerprint density at radius 3 is 2.79 bits per heavy atom. The van der Waals surface area contributed by atoms with Crippen LogP contribution < -0.4 is 10.6 Å². The van der Waals surface area contributed by atoms with Gasteiger partial charge in [0.05, 0.1) is 10.7 Å². The highest BCUT2D eigenvalue weighted by molar-refractivity contribution is 7.80. The van der Waals surface area contributed by atoms with E-state index in [1.807, 2.05) is 32.0 Å². The Kier molecular flexibility index (Phi) is 4.17. The maximum atomic E-state index is 6.02. The fourth-order valence-electron chi connectivity index (χ4n) is 1.11. The summed E-state index contributed by atoms with van der Waals surface area (Å²) in [6.07, 6.45) is 0. The van der Waals surface area contributed by atoms with Crippen LogP contribution in [0.5, 0.6) is 0 Å². The molecule has 4 heteroatoms. The van der Waals surface area contributed by atoms with Crippen LogP contribution in [-0.4, -0.2) is 11.7 Å². The molecule has 0 fully saturated rings. The summed E-state index contributed by atoms with van der Waals surface area (Å²) in [5.41, 5.74) is 1.96. The van der Waals surface area contributed by atoms with E-state index in [4.69, 9.17) is 23.8 Å². The molecule has 1 aromatic carbocycles. The molecular weight excluding hydrogens is 216 g/mol. The molecule has 76 valence electrons. The number of aryl methyl sites for hydroxylation is 1. The Bertz CT molecular complexity index is 319. The number of hydrogen-bond acceptors (Lipinski definition) is 1. The van der Waals surface area contributed by atoms with Gasteiger partial charge in [-0.05, 0) is 37.7 Å². The van der Waals surface area contributed by atoms with Crippen molar-refractivity contribution in [2.24, 2.45) is 0 Å². The molecule has 0 aliphatic heterocycles.